The van der Waals surface area contributed by atoms with Gasteiger partial charge in [-0.25, -0.2) is 0 Å². The Morgan fingerprint density at radius 3 is 2.64 bits per heavy atom. The van der Waals surface area contributed by atoms with E-state index in [9.17, 15) is 0 Å². The predicted octanol–water partition coefficient (Wildman–Crippen LogP) is 1.25. The Labute approximate surface area is 69.1 Å². The van der Waals surface area contributed by atoms with Gasteiger partial charge in [-0.15, -0.1) is 0 Å². The summed E-state index contributed by atoms with van der Waals surface area (Å²) < 4.78 is 0. The second-order valence-corrected chi connectivity index (χ2v) is 3.26. The fraction of sp³-hybridized carbons (Fsp3) is 0.778. The van der Waals surface area contributed by atoms with Crippen LogP contribution in [-0.2, 0) is 0 Å². The van der Waals surface area contributed by atoms with Crippen LogP contribution in [-0.4, -0.2) is 19.6 Å². The Morgan fingerprint density at radius 2 is 2.09 bits per heavy atom. The van der Waals surface area contributed by atoms with E-state index in [4.69, 9.17) is 0 Å². The monoisotopic (exact) mass is 154 g/mol. The van der Waals surface area contributed by atoms with E-state index in [0.717, 1.165) is 12.2 Å². The SMILES string of the molecule is C=C(CNC)NC1CCCC1. The van der Waals surface area contributed by atoms with Crippen LogP contribution in [0.2, 0.25) is 0 Å². The van der Waals surface area contributed by atoms with Gasteiger partial charge in [-0.2, -0.15) is 0 Å². The van der Waals surface area contributed by atoms with Gasteiger partial charge in [-0.3, -0.25) is 0 Å². The van der Waals surface area contributed by atoms with Crippen molar-refractivity contribution in [1.82, 2.24) is 10.6 Å². The molecule has 2 heteroatoms. The van der Waals surface area contributed by atoms with Gasteiger partial charge in [0, 0.05) is 18.3 Å². The zero-order valence-corrected chi connectivity index (χ0v) is 7.32. The van der Waals surface area contributed by atoms with Crippen LogP contribution in [0.1, 0.15) is 25.7 Å². The normalized spacial score (nSPS) is 18.6. The van der Waals surface area contributed by atoms with Crippen molar-refractivity contribution in [3.8, 4) is 0 Å². The third-order valence-corrected chi connectivity index (χ3v) is 2.15. The molecule has 1 aliphatic rings. The smallest absolute Gasteiger partial charge is 0.0345 e. The molecule has 0 aromatic carbocycles. The highest BCUT2D eigenvalue weighted by Crippen LogP contribution is 2.18. The van der Waals surface area contributed by atoms with Crippen LogP contribution < -0.4 is 10.6 Å². The summed E-state index contributed by atoms with van der Waals surface area (Å²) in [6.45, 7) is 4.82. The molecule has 0 aromatic heterocycles. The van der Waals surface area contributed by atoms with Crippen molar-refractivity contribution in [1.29, 1.82) is 0 Å². The first-order valence-electron chi connectivity index (χ1n) is 4.42. The average molecular weight is 154 g/mol. The van der Waals surface area contributed by atoms with E-state index in [1.807, 2.05) is 7.05 Å². The Bertz CT molecular complexity index is 126. The van der Waals surface area contributed by atoms with Crippen molar-refractivity contribution in [2.75, 3.05) is 13.6 Å². The second-order valence-electron chi connectivity index (χ2n) is 3.26. The van der Waals surface area contributed by atoms with Gasteiger partial charge in [-0.05, 0) is 19.9 Å². The number of hydrogen-bond donors (Lipinski definition) is 2. The van der Waals surface area contributed by atoms with E-state index in [0.29, 0.717) is 6.04 Å². The van der Waals surface area contributed by atoms with Crippen molar-refractivity contribution in [2.45, 2.75) is 31.7 Å². The van der Waals surface area contributed by atoms with Gasteiger partial charge >= 0.3 is 0 Å². The maximum Gasteiger partial charge on any atom is 0.0345 e. The molecular weight excluding hydrogens is 136 g/mol. The summed E-state index contributed by atoms with van der Waals surface area (Å²) in [5.41, 5.74) is 1.12. The van der Waals surface area contributed by atoms with Crippen LogP contribution >= 0.6 is 0 Å². The minimum absolute atomic E-state index is 0.704. The van der Waals surface area contributed by atoms with Gasteiger partial charge in [0.05, 0.1) is 0 Å². The maximum absolute atomic E-state index is 3.93. The van der Waals surface area contributed by atoms with Crippen LogP contribution in [0.25, 0.3) is 0 Å². The lowest BCUT2D eigenvalue weighted by atomic mass is 10.2. The summed E-state index contributed by atoms with van der Waals surface area (Å²) in [6.07, 6.45) is 5.40. The minimum atomic E-state index is 0.704. The molecule has 0 amide bonds. The van der Waals surface area contributed by atoms with Gasteiger partial charge in [0.1, 0.15) is 0 Å². The molecule has 1 aliphatic carbocycles. The molecule has 1 fully saturated rings. The first-order valence-corrected chi connectivity index (χ1v) is 4.42. The molecule has 0 bridgehead atoms. The summed E-state index contributed by atoms with van der Waals surface area (Å²) in [4.78, 5) is 0. The lowest BCUT2D eigenvalue weighted by Gasteiger charge is -2.14. The number of hydrogen-bond acceptors (Lipinski definition) is 2. The van der Waals surface area contributed by atoms with Gasteiger partial charge in [0.15, 0.2) is 0 Å². The molecule has 2 nitrogen and oxygen atoms in total. The largest absolute Gasteiger partial charge is 0.385 e. The Hall–Kier alpha value is -0.500. The Morgan fingerprint density at radius 1 is 1.45 bits per heavy atom. The molecule has 1 rings (SSSR count). The molecule has 1 saturated carbocycles. The summed E-state index contributed by atoms with van der Waals surface area (Å²) in [5.74, 6) is 0. The fourth-order valence-corrected chi connectivity index (χ4v) is 1.62. The molecule has 0 unspecified atom stereocenters. The average Bonchev–Trinajstić information content (AvgIpc) is 2.40. The first-order chi connectivity index (χ1) is 5.33. The standard InChI is InChI=1S/C9H18N2/c1-8(7-10-2)11-9-5-3-4-6-9/h9-11H,1,3-7H2,2H3. The van der Waals surface area contributed by atoms with E-state index >= 15 is 0 Å². The maximum atomic E-state index is 3.93. The summed E-state index contributed by atoms with van der Waals surface area (Å²) in [6, 6.07) is 0.704. The third kappa shape index (κ3) is 2.93. The van der Waals surface area contributed by atoms with Crippen molar-refractivity contribution in [2.24, 2.45) is 0 Å². The lowest BCUT2D eigenvalue weighted by molar-refractivity contribution is 0.571. The number of nitrogens with one attached hydrogen (secondary N) is 2. The second kappa shape index (κ2) is 4.39. The third-order valence-electron chi connectivity index (χ3n) is 2.15. The zero-order chi connectivity index (χ0) is 8.10. The van der Waals surface area contributed by atoms with Crippen LogP contribution in [0.4, 0.5) is 0 Å². The van der Waals surface area contributed by atoms with Gasteiger partial charge in [0.2, 0.25) is 0 Å². The highest BCUT2D eigenvalue weighted by Gasteiger charge is 2.13. The molecule has 0 atom stereocenters. The van der Waals surface area contributed by atoms with E-state index < -0.39 is 0 Å². The van der Waals surface area contributed by atoms with E-state index in [2.05, 4.69) is 17.2 Å². The molecule has 2 N–H and O–H groups in total. The topological polar surface area (TPSA) is 24.1 Å². The molecule has 0 spiro atoms. The molecule has 0 radical (unpaired) electrons. The van der Waals surface area contributed by atoms with Gasteiger partial charge in [-0.1, -0.05) is 19.4 Å². The lowest BCUT2D eigenvalue weighted by Crippen LogP contribution is -2.29. The summed E-state index contributed by atoms with van der Waals surface area (Å²) >= 11 is 0. The predicted molar refractivity (Wildman–Crippen MR) is 48.5 cm³/mol. The number of rotatable bonds is 4. The highest BCUT2D eigenvalue weighted by atomic mass is 15.0. The molecule has 11 heavy (non-hydrogen) atoms. The van der Waals surface area contributed by atoms with Crippen molar-refractivity contribution < 1.29 is 0 Å². The summed E-state index contributed by atoms with van der Waals surface area (Å²) in [5, 5.41) is 6.50. The Balaban J connectivity index is 2.13. The molecular formula is C9H18N2. The zero-order valence-electron chi connectivity index (χ0n) is 7.32. The van der Waals surface area contributed by atoms with Gasteiger partial charge < -0.3 is 10.6 Å². The Kier molecular flexibility index (Phi) is 3.43. The van der Waals surface area contributed by atoms with Crippen molar-refractivity contribution in [3.05, 3.63) is 12.3 Å². The fourth-order valence-electron chi connectivity index (χ4n) is 1.62. The molecule has 0 saturated heterocycles. The van der Waals surface area contributed by atoms with Crippen molar-refractivity contribution >= 4 is 0 Å². The molecule has 64 valence electrons. The van der Waals surface area contributed by atoms with E-state index in [1.165, 1.54) is 25.7 Å². The van der Waals surface area contributed by atoms with Crippen LogP contribution in [0.15, 0.2) is 12.3 Å². The van der Waals surface area contributed by atoms with Crippen LogP contribution in [0.3, 0.4) is 0 Å². The molecule has 0 heterocycles. The highest BCUT2D eigenvalue weighted by molar-refractivity contribution is 4.96. The summed E-state index contributed by atoms with van der Waals surface area (Å²) in [7, 11) is 1.95. The van der Waals surface area contributed by atoms with Crippen molar-refractivity contribution in [3.63, 3.8) is 0 Å². The van der Waals surface area contributed by atoms with Crippen LogP contribution in [0, 0.1) is 0 Å². The van der Waals surface area contributed by atoms with E-state index in [1.54, 1.807) is 0 Å². The number of likely N-dealkylation sites (N-methyl/N-ethyl adjacent to an activating group) is 1. The van der Waals surface area contributed by atoms with Crippen LogP contribution in [0.5, 0.6) is 0 Å². The first kappa shape index (κ1) is 8.60. The minimum Gasteiger partial charge on any atom is -0.385 e. The quantitative estimate of drug-likeness (QED) is 0.637. The molecule has 0 aliphatic heterocycles. The van der Waals surface area contributed by atoms with Gasteiger partial charge in [0.25, 0.3) is 0 Å². The molecule has 0 aromatic rings. The van der Waals surface area contributed by atoms with E-state index in [-0.39, 0.29) is 0 Å².